The zero-order valence-electron chi connectivity index (χ0n) is 13.5. The number of hydrogen-bond donors (Lipinski definition) is 2. The Hall–Kier alpha value is -1.26. The van der Waals surface area contributed by atoms with E-state index in [9.17, 15) is 5.11 Å². The molecule has 118 valence electrons. The molecule has 1 aliphatic rings. The minimum Gasteiger partial charge on any atom is -0.486 e. The summed E-state index contributed by atoms with van der Waals surface area (Å²) in [7, 11) is 0. The number of fused-ring (bicyclic) bond motifs is 1. The Morgan fingerprint density at radius 1 is 1.19 bits per heavy atom. The summed E-state index contributed by atoms with van der Waals surface area (Å²) in [6.07, 6.45) is 0.514. The van der Waals surface area contributed by atoms with Crippen molar-refractivity contribution >= 4 is 0 Å². The van der Waals surface area contributed by atoms with E-state index in [0.717, 1.165) is 24.5 Å². The topological polar surface area (TPSA) is 50.7 Å². The van der Waals surface area contributed by atoms with Crippen LogP contribution in [0.1, 0.15) is 45.7 Å². The van der Waals surface area contributed by atoms with E-state index in [2.05, 4.69) is 32.2 Å². The zero-order valence-corrected chi connectivity index (χ0v) is 13.5. The van der Waals surface area contributed by atoms with Gasteiger partial charge in [0.15, 0.2) is 11.5 Å². The van der Waals surface area contributed by atoms with Gasteiger partial charge in [0.2, 0.25) is 0 Å². The molecule has 2 atom stereocenters. The lowest BCUT2D eigenvalue weighted by Crippen LogP contribution is -2.33. The van der Waals surface area contributed by atoms with Gasteiger partial charge in [-0.25, -0.2) is 0 Å². The number of benzene rings is 1. The van der Waals surface area contributed by atoms with E-state index in [1.807, 2.05) is 19.1 Å². The van der Waals surface area contributed by atoms with Crippen molar-refractivity contribution in [2.45, 2.75) is 46.3 Å². The van der Waals surface area contributed by atoms with Gasteiger partial charge in [-0.3, -0.25) is 0 Å². The highest BCUT2D eigenvalue weighted by molar-refractivity contribution is 5.44. The fourth-order valence-electron chi connectivity index (χ4n) is 2.75. The molecular formula is C17H27NO3. The average Bonchev–Trinajstić information content (AvgIpc) is 2.43. The van der Waals surface area contributed by atoms with Crippen molar-refractivity contribution in [2.24, 2.45) is 5.41 Å². The molecule has 0 aromatic heterocycles. The van der Waals surface area contributed by atoms with Gasteiger partial charge in [0.1, 0.15) is 13.2 Å². The molecular weight excluding hydrogens is 266 g/mol. The molecule has 21 heavy (non-hydrogen) atoms. The van der Waals surface area contributed by atoms with E-state index in [1.54, 1.807) is 0 Å². The molecule has 4 nitrogen and oxygen atoms in total. The molecule has 2 rings (SSSR count). The first-order valence-corrected chi connectivity index (χ1v) is 7.68. The summed E-state index contributed by atoms with van der Waals surface area (Å²) in [5.41, 5.74) is 1.25. The molecule has 0 aliphatic carbocycles. The quantitative estimate of drug-likeness (QED) is 0.847. The van der Waals surface area contributed by atoms with Crippen molar-refractivity contribution in [2.75, 3.05) is 19.8 Å². The molecule has 0 unspecified atom stereocenters. The van der Waals surface area contributed by atoms with Crippen LogP contribution in [0.5, 0.6) is 11.5 Å². The Bertz CT molecular complexity index is 471. The van der Waals surface area contributed by atoms with Gasteiger partial charge in [0.05, 0.1) is 6.10 Å². The predicted octanol–water partition coefficient (Wildman–Crippen LogP) is 2.91. The monoisotopic (exact) mass is 293 g/mol. The van der Waals surface area contributed by atoms with Crippen LogP contribution in [-0.4, -0.2) is 31.0 Å². The third-order valence-corrected chi connectivity index (χ3v) is 3.80. The summed E-state index contributed by atoms with van der Waals surface area (Å²) in [6.45, 7) is 10.4. The van der Waals surface area contributed by atoms with Crippen molar-refractivity contribution in [1.82, 2.24) is 5.32 Å². The molecule has 0 saturated carbocycles. The molecule has 0 fully saturated rings. The van der Waals surface area contributed by atoms with Gasteiger partial charge in [-0.2, -0.15) is 0 Å². The second-order valence-corrected chi connectivity index (χ2v) is 6.72. The fraction of sp³-hybridized carbons (Fsp3) is 0.647. The number of aliphatic hydroxyl groups is 1. The lowest BCUT2D eigenvalue weighted by Gasteiger charge is -2.29. The summed E-state index contributed by atoms with van der Waals surface area (Å²) in [6, 6.07) is 6.33. The van der Waals surface area contributed by atoms with E-state index < -0.39 is 0 Å². The standard InChI is InChI=1S/C17H27NO3/c1-12(19)10-17(3,4)11-18-13(2)14-5-6-15-16(9-14)21-8-7-20-15/h5-6,9,12-13,18-19H,7-8,10-11H2,1-4H3/t12-,13+/m0/s1. The van der Waals surface area contributed by atoms with Crippen molar-refractivity contribution in [3.8, 4) is 11.5 Å². The highest BCUT2D eigenvalue weighted by Crippen LogP contribution is 2.33. The molecule has 4 heteroatoms. The van der Waals surface area contributed by atoms with Crippen LogP contribution in [0.2, 0.25) is 0 Å². The first-order valence-electron chi connectivity index (χ1n) is 7.68. The van der Waals surface area contributed by atoms with Crippen molar-refractivity contribution in [3.63, 3.8) is 0 Å². The Labute approximate surface area is 127 Å². The molecule has 0 saturated heterocycles. The van der Waals surface area contributed by atoms with Gasteiger partial charge in [0.25, 0.3) is 0 Å². The van der Waals surface area contributed by atoms with Crippen LogP contribution in [0.25, 0.3) is 0 Å². The molecule has 0 bridgehead atoms. The maximum absolute atomic E-state index is 9.54. The van der Waals surface area contributed by atoms with E-state index in [0.29, 0.717) is 13.2 Å². The Balaban J connectivity index is 1.95. The van der Waals surface area contributed by atoms with Crippen LogP contribution in [-0.2, 0) is 0 Å². The van der Waals surface area contributed by atoms with Crippen LogP contribution in [0.3, 0.4) is 0 Å². The molecule has 1 aliphatic heterocycles. The van der Waals surface area contributed by atoms with Gasteiger partial charge in [-0.1, -0.05) is 19.9 Å². The number of ether oxygens (including phenoxy) is 2. The lowest BCUT2D eigenvalue weighted by molar-refractivity contribution is 0.127. The van der Waals surface area contributed by atoms with Crippen LogP contribution < -0.4 is 14.8 Å². The maximum Gasteiger partial charge on any atom is 0.161 e. The minimum absolute atomic E-state index is 0.0657. The summed E-state index contributed by atoms with van der Waals surface area (Å²) in [5, 5.41) is 13.1. The van der Waals surface area contributed by atoms with Gasteiger partial charge in [-0.15, -0.1) is 0 Å². The highest BCUT2D eigenvalue weighted by Gasteiger charge is 2.21. The zero-order chi connectivity index (χ0) is 15.5. The number of nitrogens with one attached hydrogen (secondary N) is 1. The SMILES string of the molecule is C[C@H](O)CC(C)(C)CN[C@H](C)c1ccc2c(c1)OCCO2. The lowest BCUT2D eigenvalue weighted by atomic mass is 9.86. The third-order valence-electron chi connectivity index (χ3n) is 3.80. The minimum atomic E-state index is -0.272. The maximum atomic E-state index is 9.54. The first-order chi connectivity index (χ1) is 9.87. The van der Waals surface area contributed by atoms with Crippen LogP contribution >= 0.6 is 0 Å². The smallest absolute Gasteiger partial charge is 0.161 e. The van der Waals surface area contributed by atoms with Crippen molar-refractivity contribution in [1.29, 1.82) is 0 Å². The molecule has 0 amide bonds. The Morgan fingerprint density at radius 3 is 2.52 bits per heavy atom. The summed E-state index contributed by atoms with van der Waals surface area (Å²) in [4.78, 5) is 0. The molecule has 2 N–H and O–H groups in total. The third kappa shape index (κ3) is 4.61. The van der Waals surface area contributed by atoms with E-state index >= 15 is 0 Å². The summed E-state index contributed by atoms with van der Waals surface area (Å²) < 4.78 is 11.2. The largest absolute Gasteiger partial charge is 0.486 e. The number of aliphatic hydroxyl groups excluding tert-OH is 1. The molecule has 1 heterocycles. The van der Waals surface area contributed by atoms with Crippen molar-refractivity contribution in [3.05, 3.63) is 23.8 Å². The van der Waals surface area contributed by atoms with Crippen LogP contribution in [0.15, 0.2) is 18.2 Å². The molecule has 0 spiro atoms. The Morgan fingerprint density at radius 2 is 1.86 bits per heavy atom. The number of hydrogen-bond acceptors (Lipinski definition) is 4. The summed E-state index contributed by atoms with van der Waals surface area (Å²) >= 11 is 0. The average molecular weight is 293 g/mol. The molecule has 1 aromatic carbocycles. The van der Waals surface area contributed by atoms with E-state index in [4.69, 9.17) is 9.47 Å². The van der Waals surface area contributed by atoms with Crippen LogP contribution in [0, 0.1) is 5.41 Å². The van der Waals surface area contributed by atoms with Gasteiger partial charge in [-0.05, 0) is 43.4 Å². The van der Waals surface area contributed by atoms with E-state index in [-0.39, 0.29) is 17.6 Å². The van der Waals surface area contributed by atoms with E-state index in [1.165, 1.54) is 5.56 Å². The predicted molar refractivity (Wildman–Crippen MR) is 83.9 cm³/mol. The highest BCUT2D eigenvalue weighted by atomic mass is 16.6. The second kappa shape index (κ2) is 6.67. The van der Waals surface area contributed by atoms with Gasteiger partial charge < -0.3 is 19.9 Å². The van der Waals surface area contributed by atoms with Gasteiger partial charge >= 0.3 is 0 Å². The van der Waals surface area contributed by atoms with Crippen LogP contribution in [0.4, 0.5) is 0 Å². The first kappa shape index (κ1) is 16.1. The normalized spacial score (nSPS) is 17.4. The second-order valence-electron chi connectivity index (χ2n) is 6.72. The van der Waals surface area contributed by atoms with Gasteiger partial charge in [0, 0.05) is 12.6 Å². The summed E-state index contributed by atoms with van der Waals surface area (Å²) in [5.74, 6) is 1.65. The Kier molecular flexibility index (Phi) is 5.12. The fourth-order valence-corrected chi connectivity index (χ4v) is 2.75. The van der Waals surface area contributed by atoms with Crippen molar-refractivity contribution < 1.29 is 14.6 Å². The number of rotatable bonds is 6. The molecule has 0 radical (unpaired) electrons. The molecule has 1 aromatic rings.